The van der Waals surface area contributed by atoms with E-state index in [4.69, 9.17) is 0 Å². The molecule has 0 saturated heterocycles. The van der Waals surface area contributed by atoms with Crippen LogP contribution in [0.1, 0.15) is 108 Å². The summed E-state index contributed by atoms with van der Waals surface area (Å²) in [4.78, 5) is 0. The van der Waals surface area contributed by atoms with Crippen LogP contribution in [0.2, 0.25) is 0 Å². The number of hydrogen-bond donors (Lipinski definition) is 0. The second-order valence-corrected chi connectivity index (χ2v) is 8.23. The van der Waals surface area contributed by atoms with Gasteiger partial charge in [0.05, 0.1) is 0 Å². The Morgan fingerprint density at radius 2 is 1.52 bits per heavy atom. The van der Waals surface area contributed by atoms with Crippen molar-refractivity contribution in [1.29, 1.82) is 0 Å². The van der Waals surface area contributed by atoms with Gasteiger partial charge >= 0.3 is 0 Å². The third kappa shape index (κ3) is 7.50. The fourth-order valence-electron chi connectivity index (χ4n) is 4.32. The summed E-state index contributed by atoms with van der Waals surface area (Å²) in [7, 11) is 0. The van der Waals surface area contributed by atoms with Crippen LogP contribution in [0.3, 0.4) is 0 Å². The first-order chi connectivity index (χ1) is 12.2. The molecule has 1 heteroatoms. The molecular formula is C24H39F. The van der Waals surface area contributed by atoms with E-state index in [1.165, 1.54) is 76.2 Å². The molecule has 0 aromatic heterocycles. The van der Waals surface area contributed by atoms with Crippen LogP contribution in [0.25, 0.3) is 0 Å². The van der Waals surface area contributed by atoms with Gasteiger partial charge in [0, 0.05) is 6.42 Å². The van der Waals surface area contributed by atoms with Crippen LogP contribution in [-0.2, 0) is 6.42 Å². The molecule has 0 spiro atoms. The fourth-order valence-corrected chi connectivity index (χ4v) is 4.32. The molecule has 1 atom stereocenters. The molecule has 1 aromatic rings. The summed E-state index contributed by atoms with van der Waals surface area (Å²) < 4.78 is 13.5. The van der Waals surface area contributed by atoms with E-state index < -0.39 is 6.17 Å². The Hall–Kier alpha value is -0.850. The highest BCUT2D eigenvalue weighted by Crippen LogP contribution is 2.37. The minimum atomic E-state index is -0.691. The van der Waals surface area contributed by atoms with Gasteiger partial charge in [-0.3, -0.25) is 0 Å². The van der Waals surface area contributed by atoms with Crippen molar-refractivity contribution in [2.75, 3.05) is 0 Å². The van der Waals surface area contributed by atoms with Crippen molar-refractivity contribution in [3.05, 3.63) is 35.4 Å². The van der Waals surface area contributed by atoms with Crippen molar-refractivity contribution >= 4 is 0 Å². The van der Waals surface area contributed by atoms with Crippen LogP contribution in [0.4, 0.5) is 4.39 Å². The van der Waals surface area contributed by atoms with Crippen molar-refractivity contribution in [1.82, 2.24) is 0 Å². The van der Waals surface area contributed by atoms with Crippen molar-refractivity contribution in [3.63, 3.8) is 0 Å². The van der Waals surface area contributed by atoms with Crippen LogP contribution in [-0.4, -0.2) is 6.17 Å². The molecule has 1 saturated carbocycles. The lowest BCUT2D eigenvalue weighted by Crippen LogP contribution is -2.13. The van der Waals surface area contributed by atoms with Gasteiger partial charge in [-0.1, -0.05) is 83.1 Å². The maximum Gasteiger partial charge on any atom is 0.104 e. The number of unbranched alkanes of at least 4 members (excludes halogenated alkanes) is 5. The molecule has 1 aliphatic rings. The molecular weight excluding hydrogens is 307 g/mol. The monoisotopic (exact) mass is 346 g/mol. The number of alkyl halides is 1. The standard InChI is InChI=1S/C24H39F/c1-3-5-6-7-8-9-10-20-11-15-22(16-12-20)23-17-13-21(14-18-23)19-24(25)4-2/h13-14,17-18,20,22,24H,3-12,15-16,19H2,1-2H3. The van der Waals surface area contributed by atoms with Gasteiger partial charge in [0.1, 0.15) is 6.17 Å². The molecule has 0 nitrogen and oxygen atoms in total. The van der Waals surface area contributed by atoms with Crippen LogP contribution in [0.15, 0.2) is 24.3 Å². The summed E-state index contributed by atoms with van der Waals surface area (Å²) in [5.74, 6) is 1.71. The van der Waals surface area contributed by atoms with Crippen molar-refractivity contribution in [2.24, 2.45) is 5.92 Å². The van der Waals surface area contributed by atoms with E-state index in [0.717, 1.165) is 17.4 Å². The zero-order valence-electron chi connectivity index (χ0n) is 16.6. The number of rotatable bonds is 11. The second kappa shape index (κ2) is 11.7. The zero-order valence-corrected chi connectivity index (χ0v) is 16.6. The maximum atomic E-state index is 13.5. The van der Waals surface area contributed by atoms with E-state index in [-0.39, 0.29) is 0 Å². The molecule has 0 heterocycles. The van der Waals surface area contributed by atoms with E-state index in [1.54, 1.807) is 0 Å². The zero-order chi connectivity index (χ0) is 17.9. The second-order valence-electron chi connectivity index (χ2n) is 8.23. The van der Waals surface area contributed by atoms with Gasteiger partial charge in [-0.05, 0) is 55.1 Å². The van der Waals surface area contributed by atoms with Crippen LogP contribution < -0.4 is 0 Å². The van der Waals surface area contributed by atoms with Crippen LogP contribution >= 0.6 is 0 Å². The van der Waals surface area contributed by atoms with E-state index >= 15 is 0 Å². The summed E-state index contributed by atoms with van der Waals surface area (Å²) >= 11 is 0. The smallest absolute Gasteiger partial charge is 0.104 e. The molecule has 1 aromatic carbocycles. The third-order valence-corrected chi connectivity index (χ3v) is 6.16. The normalized spacial score (nSPS) is 22.0. The predicted octanol–water partition coefficient (Wildman–Crippen LogP) is 8.00. The lowest BCUT2D eigenvalue weighted by molar-refractivity contribution is 0.301. The molecule has 0 radical (unpaired) electrons. The van der Waals surface area contributed by atoms with Crippen LogP contribution in [0, 0.1) is 5.92 Å². The first kappa shape index (κ1) is 20.5. The quantitative estimate of drug-likeness (QED) is 0.356. The average Bonchev–Trinajstić information content (AvgIpc) is 2.65. The molecule has 0 N–H and O–H groups in total. The Morgan fingerprint density at radius 1 is 0.880 bits per heavy atom. The topological polar surface area (TPSA) is 0 Å². The molecule has 1 unspecified atom stereocenters. The highest BCUT2D eigenvalue weighted by molar-refractivity contribution is 5.26. The van der Waals surface area contributed by atoms with Gasteiger partial charge in [0.25, 0.3) is 0 Å². The Kier molecular flexibility index (Phi) is 9.58. The summed E-state index contributed by atoms with van der Waals surface area (Å²) in [6.45, 7) is 4.21. The van der Waals surface area contributed by atoms with Crippen molar-refractivity contribution in [2.45, 2.75) is 109 Å². The molecule has 142 valence electrons. The minimum absolute atomic E-state index is 0.571. The highest BCUT2D eigenvalue weighted by atomic mass is 19.1. The summed E-state index contributed by atoms with van der Waals surface area (Å²) in [6.07, 6.45) is 16.0. The van der Waals surface area contributed by atoms with E-state index in [9.17, 15) is 4.39 Å². The SMILES string of the molecule is CCCCCCCCC1CCC(c2ccc(CC(F)CC)cc2)CC1. The predicted molar refractivity (Wildman–Crippen MR) is 108 cm³/mol. The minimum Gasteiger partial charge on any atom is -0.247 e. The first-order valence-corrected chi connectivity index (χ1v) is 11.0. The van der Waals surface area contributed by atoms with Gasteiger partial charge < -0.3 is 0 Å². The van der Waals surface area contributed by atoms with E-state index in [1.807, 2.05) is 6.92 Å². The van der Waals surface area contributed by atoms with Crippen molar-refractivity contribution in [3.8, 4) is 0 Å². The van der Waals surface area contributed by atoms with Crippen molar-refractivity contribution < 1.29 is 4.39 Å². The molecule has 1 fully saturated rings. The Balaban J connectivity index is 1.66. The first-order valence-electron chi connectivity index (χ1n) is 11.0. The van der Waals surface area contributed by atoms with E-state index in [0.29, 0.717) is 12.8 Å². The Morgan fingerprint density at radius 3 is 2.16 bits per heavy atom. The molecule has 2 rings (SSSR count). The summed E-state index contributed by atoms with van der Waals surface area (Å²) in [6, 6.07) is 8.83. The van der Waals surface area contributed by atoms with Gasteiger partial charge in [0.2, 0.25) is 0 Å². The van der Waals surface area contributed by atoms with Gasteiger partial charge in [-0.25, -0.2) is 4.39 Å². The number of hydrogen-bond acceptors (Lipinski definition) is 0. The number of halogens is 1. The fraction of sp³-hybridized carbons (Fsp3) is 0.750. The molecule has 1 aliphatic carbocycles. The lowest BCUT2D eigenvalue weighted by atomic mass is 9.77. The lowest BCUT2D eigenvalue weighted by Gasteiger charge is -2.29. The van der Waals surface area contributed by atoms with Gasteiger partial charge in [-0.2, -0.15) is 0 Å². The largest absolute Gasteiger partial charge is 0.247 e. The Labute approximate surface area is 155 Å². The van der Waals surface area contributed by atoms with Crippen LogP contribution in [0.5, 0.6) is 0 Å². The summed E-state index contributed by atoms with van der Waals surface area (Å²) in [5.41, 5.74) is 2.63. The molecule has 0 bridgehead atoms. The highest BCUT2D eigenvalue weighted by Gasteiger charge is 2.22. The molecule has 25 heavy (non-hydrogen) atoms. The third-order valence-electron chi connectivity index (χ3n) is 6.16. The number of benzene rings is 1. The van der Waals surface area contributed by atoms with Gasteiger partial charge in [-0.15, -0.1) is 0 Å². The maximum absolute atomic E-state index is 13.5. The average molecular weight is 347 g/mol. The molecule has 0 amide bonds. The van der Waals surface area contributed by atoms with Gasteiger partial charge in [0.15, 0.2) is 0 Å². The summed E-state index contributed by atoms with van der Waals surface area (Å²) in [5, 5.41) is 0. The molecule has 0 aliphatic heterocycles. The Bertz CT molecular complexity index is 442. The van der Waals surface area contributed by atoms with E-state index in [2.05, 4.69) is 31.2 Å².